The molecule has 0 atom stereocenters. The number of nitrogens with zero attached hydrogens (tertiary/aromatic N) is 5. The van der Waals surface area contributed by atoms with Crippen molar-refractivity contribution in [3.05, 3.63) is 66.7 Å². The predicted molar refractivity (Wildman–Crippen MR) is 100 cm³/mol. The molecule has 1 aliphatic rings. The van der Waals surface area contributed by atoms with Crippen LogP contribution in [0.25, 0.3) is 17.1 Å². The van der Waals surface area contributed by atoms with Crippen LogP contribution in [0.3, 0.4) is 0 Å². The Bertz CT molecular complexity index is 826. The number of aromatic nitrogens is 3. The standard InChI is InChI=1S/C20H21N5O/c1-23-11-13-24(14-12-23)20(26)18-15-25(17-7-9-21-10-8-17)19(22-18)16-5-3-2-4-6-16/h2-10,15H,11-14H2,1H3. The minimum Gasteiger partial charge on any atom is -0.335 e. The normalized spacial score (nSPS) is 15.2. The van der Waals surface area contributed by atoms with Crippen molar-refractivity contribution in [2.24, 2.45) is 0 Å². The van der Waals surface area contributed by atoms with Gasteiger partial charge in [-0.05, 0) is 19.2 Å². The summed E-state index contributed by atoms with van der Waals surface area (Å²) in [7, 11) is 2.08. The first-order valence-corrected chi connectivity index (χ1v) is 8.75. The lowest BCUT2D eigenvalue weighted by Crippen LogP contribution is -2.47. The highest BCUT2D eigenvalue weighted by atomic mass is 16.2. The van der Waals surface area contributed by atoms with Gasteiger partial charge in [0.25, 0.3) is 5.91 Å². The molecule has 6 heteroatoms. The van der Waals surface area contributed by atoms with E-state index in [9.17, 15) is 4.79 Å². The van der Waals surface area contributed by atoms with Crippen LogP contribution in [-0.4, -0.2) is 63.5 Å². The molecule has 1 aliphatic heterocycles. The molecular weight excluding hydrogens is 326 g/mol. The molecule has 132 valence electrons. The highest BCUT2D eigenvalue weighted by molar-refractivity contribution is 5.93. The summed E-state index contributed by atoms with van der Waals surface area (Å²) in [4.78, 5) is 25.8. The Morgan fingerprint density at radius 1 is 0.962 bits per heavy atom. The molecule has 1 amide bonds. The van der Waals surface area contributed by atoms with Crippen LogP contribution in [0.4, 0.5) is 0 Å². The van der Waals surface area contributed by atoms with Gasteiger partial charge >= 0.3 is 0 Å². The lowest BCUT2D eigenvalue weighted by Gasteiger charge is -2.31. The Morgan fingerprint density at radius 3 is 2.35 bits per heavy atom. The van der Waals surface area contributed by atoms with E-state index in [1.807, 2.05) is 58.1 Å². The van der Waals surface area contributed by atoms with Crippen molar-refractivity contribution in [3.8, 4) is 17.1 Å². The molecule has 0 bridgehead atoms. The van der Waals surface area contributed by atoms with Gasteiger partial charge in [0.1, 0.15) is 11.5 Å². The van der Waals surface area contributed by atoms with Crippen LogP contribution in [-0.2, 0) is 0 Å². The second-order valence-corrected chi connectivity index (χ2v) is 6.49. The quantitative estimate of drug-likeness (QED) is 0.730. The van der Waals surface area contributed by atoms with Gasteiger partial charge in [0.15, 0.2) is 0 Å². The molecule has 0 N–H and O–H groups in total. The maximum Gasteiger partial charge on any atom is 0.274 e. The van der Waals surface area contributed by atoms with E-state index in [0.29, 0.717) is 5.69 Å². The second kappa shape index (κ2) is 7.09. The van der Waals surface area contributed by atoms with E-state index in [2.05, 4.69) is 21.9 Å². The summed E-state index contributed by atoms with van der Waals surface area (Å²) in [6.07, 6.45) is 5.32. The molecule has 26 heavy (non-hydrogen) atoms. The van der Waals surface area contributed by atoms with E-state index in [1.54, 1.807) is 12.4 Å². The number of carbonyl (C=O) groups excluding carboxylic acids is 1. The van der Waals surface area contributed by atoms with Crippen molar-refractivity contribution in [1.29, 1.82) is 0 Å². The first-order valence-electron chi connectivity index (χ1n) is 8.75. The Balaban J connectivity index is 1.73. The van der Waals surface area contributed by atoms with Gasteiger partial charge in [-0.2, -0.15) is 0 Å². The van der Waals surface area contributed by atoms with Crippen molar-refractivity contribution in [1.82, 2.24) is 24.3 Å². The Labute approximate surface area is 152 Å². The summed E-state index contributed by atoms with van der Waals surface area (Å²) in [5.74, 6) is 0.748. The fourth-order valence-electron chi connectivity index (χ4n) is 3.15. The summed E-state index contributed by atoms with van der Waals surface area (Å²) in [5.41, 5.74) is 2.38. The molecule has 0 saturated carbocycles. The van der Waals surface area contributed by atoms with E-state index in [4.69, 9.17) is 0 Å². The molecule has 4 rings (SSSR count). The molecule has 0 spiro atoms. The molecule has 6 nitrogen and oxygen atoms in total. The fourth-order valence-corrected chi connectivity index (χ4v) is 3.15. The molecule has 1 fully saturated rings. The van der Waals surface area contributed by atoms with Crippen LogP contribution in [0, 0.1) is 0 Å². The largest absolute Gasteiger partial charge is 0.335 e. The van der Waals surface area contributed by atoms with Crippen LogP contribution in [0.2, 0.25) is 0 Å². The van der Waals surface area contributed by atoms with Gasteiger partial charge < -0.3 is 9.80 Å². The molecule has 3 aromatic rings. The summed E-state index contributed by atoms with van der Waals surface area (Å²) in [5, 5.41) is 0. The maximum atomic E-state index is 13.0. The average Bonchev–Trinajstić information content (AvgIpc) is 3.15. The zero-order chi connectivity index (χ0) is 17.9. The van der Waals surface area contributed by atoms with Gasteiger partial charge in [-0.15, -0.1) is 0 Å². The van der Waals surface area contributed by atoms with Gasteiger partial charge in [-0.3, -0.25) is 14.3 Å². The second-order valence-electron chi connectivity index (χ2n) is 6.49. The number of benzene rings is 1. The first-order chi connectivity index (χ1) is 12.7. The van der Waals surface area contributed by atoms with Crippen LogP contribution < -0.4 is 0 Å². The number of hydrogen-bond donors (Lipinski definition) is 0. The Morgan fingerprint density at radius 2 is 1.65 bits per heavy atom. The molecule has 1 aromatic carbocycles. The topological polar surface area (TPSA) is 54.3 Å². The zero-order valence-electron chi connectivity index (χ0n) is 14.7. The van der Waals surface area contributed by atoms with Gasteiger partial charge in [-0.25, -0.2) is 4.98 Å². The third-order valence-electron chi connectivity index (χ3n) is 4.69. The minimum atomic E-state index is -0.0110. The molecule has 0 radical (unpaired) electrons. The van der Waals surface area contributed by atoms with Crippen LogP contribution >= 0.6 is 0 Å². The number of carbonyl (C=O) groups is 1. The minimum absolute atomic E-state index is 0.0110. The number of piperazine rings is 1. The van der Waals surface area contributed by atoms with E-state index in [-0.39, 0.29) is 5.91 Å². The van der Waals surface area contributed by atoms with Crippen molar-refractivity contribution >= 4 is 5.91 Å². The fraction of sp³-hybridized carbons (Fsp3) is 0.250. The van der Waals surface area contributed by atoms with Crippen molar-refractivity contribution in [3.63, 3.8) is 0 Å². The van der Waals surface area contributed by atoms with Gasteiger partial charge in [-0.1, -0.05) is 30.3 Å². The molecule has 3 heterocycles. The Hall–Kier alpha value is -2.99. The lowest BCUT2D eigenvalue weighted by atomic mass is 10.2. The summed E-state index contributed by atoms with van der Waals surface area (Å²) >= 11 is 0. The predicted octanol–water partition coefficient (Wildman–Crippen LogP) is 2.32. The number of hydrogen-bond acceptors (Lipinski definition) is 4. The number of amides is 1. The first kappa shape index (κ1) is 16.5. The summed E-state index contributed by atoms with van der Waals surface area (Å²) < 4.78 is 1.96. The number of pyridine rings is 1. The highest BCUT2D eigenvalue weighted by Gasteiger charge is 2.24. The maximum absolute atomic E-state index is 13.0. The van der Waals surface area contributed by atoms with Crippen molar-refractivity contribution in [2.75, 3.05) is 33.2 Å². The SMILES string of the molecule is CN1CCN(C(=O)c2cn(-c3ccncc3)c(-c3ccccc3)n2)CC1. The monoisotopic (exact) mass is 347 g/mol. The van der Waals surface area contributed by atoms with E-state index < -0.39 is 0 Å². The Kier molecular flexibility index (Phi) is 4.50. The number of rotatable bonds is 3. The number of imidazole rings is 1. The van der Waals surface area contributed by atoms with Crippen LogP contribution in [0.1, 0.15) is 10.5 Å². The molecule has 2 aromatic heterocycles. The molecule has 0 aliphatic carbocycles. The smallest absolute Gasteiger partial charge is 0.274 e. The average molecular weight is 347 g/mol. The molecule has 0 unspecified atom stereocenters. The molecule has 1 saturated heterocycles. The van der Waals surface area contributed by atoms with E-state index in [1.165, 1.54) is 0 Å². The number of likely N-dealkylation sites (N-methyl/N-ethyl adjacent to an activating group) is 1. The third kappa shape index (κ3) is 3.23. The van der Waals surface area contributed by atoms with E-state index in [0.717, 1.165) is 43.3 Å². The van der Waals surface area contributed by atoms with E-state index >= 15 is 0 Å². The summed E-state index contributed by atoms with van der Waals surface area (Å²) in [6.45, 7) is 3.25. The van der Waals surface area contributed by atoms with Crippen molar-refractivity contribution < 1.29 is 4.79 Å². The van der Waals surface area contributed by atoms with Gasteiger partial charge in [0, 0.05) is 50.3 Å². The van der Waals surface area contributed by atoms with Crippen LogP contribution in [0.15, 0.2) is 61.1 Å². The third-order valence-corrected chi connectivity index (χ3v) is 4.69. The summed E-state index contributed by atoms with van der Waals surface area (Å²) in [6, 6.07) is 13.8. The lowest BCUT2D eigenvalue weighted by molar-refractivity contribution is 0.0659. The molecular formula is C20H21N5O. The zero-order valence-corrected chi connectivity index (χ0v) is 14.7. The van der Waals surface area contributed by atoms with Crippen molar-refractivity contribution in [2.45, 2.75) is 0 Å². The highest BCUT2D eigenvalue weighted by Crippen LogP contribution is 2.23. The van der Waals surface area contributed by atoms with Gasteiger partial charge in [0.2, 0.25) is 0 Å². The van der Waals surface area contributed by atoms with Crippen LogP contribution in [0.5, 0.6) is 0 Å². The van der Waals surface area contributed by atoms with Gasteiger partial charge in [0.05, 0.1) is 5.69 Å².